The van der Waals surface area contributed by atoms with Crippen LogP contribution in [0.2, 0.25) is 0 Å². The molecule has 2 aromatic rings. The van der Waals surface area contributed by atoms with Crippen LogP contribution in [0.3, 0.4) is 0 Å². The van der Waals surface area contributed by atoms with E-state index in [0.717, 1.165) is 0 Å². The van der Waals surface area contributed by atoms with Gasteiger partial charge in [-0.1, -0.05) is 0 Å². The summed E-state index contributed by atoms with van der Waals surface area (Å²) in [5.74, 6) is 0.0985. The normalized spacial score (nSPS) is 10.3. The van der Waals surface area contributed by atoms with Crippen LogP contribution in [0, 0.1) is 5.82 Å². The summed E-state index contributed by atoms with van der Waals surface area (Å²) in [4.78, 5) is 17.9. The smallest absolute Gasteiger partial charge is 0.265 e. The van der Waals surface area contributed by atoms with Crippen molar-refractivity contribution in [2.45, 2.75) is 0 Å². The van der Waals surface area contributed by atoms with Gasteiger partial charge in [0.15, 0.2) is 0 Å². The van der Waals surface area contributed by atoms with Gasteiger partial charge in [-0.25, -0.2) is 9.37 Å². The minimum atomic E-state index is -0.321. The van der Waals surface area contributed by atoms with E-state index in [2.05, 4.69) is 25.9 Å². The Morgan fingerprint density at radius 2 is 1.93 bits per heavy atom. The van der Waals surface area contributed by atoms with Gasteiger partial charge in [0.2, 0.25) is 0 Å². The summed E-state index contributed by atoms with van der Waals surface area (Å²) in [6.07, 6.45) is 1.41. The summed E-state index contributed by atoms with van der Waals surface area (Å²) in [6.45, 7) is 0. The third-order valence-corrected chi connectivity index (χ3v) is 2.44. The van der Waals surface area contributed by atoms with Crippen molar-refractivity contribution < 1.29 is 4.39 Å². The van der Waals surface area contributed by atoms with Crippen LogP contribution in [0.4, 0.5) is 4.39 Å². The largest absolute Gasteiger partial charge is 0.306 e. The van der Waals surface area contributed by atoms with Crippen LogP contribution < -0.4 is 5.56 Å². The van der Waals surface area contributed by atoms with E-state index in [1.165, 1.54) is 18.3 Å². The highest BCUT2D eigenvalue weighted by atomic mass is 79.9. The molecular weight excluding hydrogens is 263 g/mol. The standard InChI is InChI=1S/C10H6BrFN2O/c11-8-5-13-9(14-10(8)15)6-1-3-7(12)4-2-6/h1-5H,(H,13,14,15). The predicted octanol–water partition coefficient (Wildman–Crippen LogP) is 2.34. The van der Waals surface area contributed by atoms with Crippen LogP contribution in [0.25, 0.3) is 11.4 Å². The number of nitrogens with zero attached hydrogens (tertiary/aromatic N) is 1. The summed E-state index contributed by atoms with van der Waals surface area (Å²) in [5, 5.41) is 0. The molecule has 0 unspecified atom stereocenters. The second kappa shape index (κ2) is 3.94. The first kappa shape index (κ1) is 10.0. The molecule has 1 N–H and O–H groups in total. The molecule has 0 radical (unpaired) electrons. The van der Waals surface area contributed by atoms with Gasteiger partial charge in [0.05, 0.1) is 0 Å². The average Bonchev–Trinajstić information content (AvgIpc) is 2.23. The first-order valence-corrected chi connectivity index (χ1v) is 4.97. The van der Waals surface area contributed by atoms with Crippen molar-refractivity contribution in [1.82, 2.24) is 9.97 Å². The molecule has 76 valence electrons. The van der Waals surface area contributed by atoms with Crippen LogP contribution in [-0.4, -0.2) is 9.97 Å². The molecule has 2 rings (SSSR count). The van der Waals surface area contributed by atoms with Crippen molar-refractivity contribution >= 4 is 15.9 Å². The highest BCUT2D eigenvalue weighted by molar-refractivity contribution is 9.10. The van der Waals surface area contributed by atoms with Gasteiger partial charge in [0.25, 0.3) is 5.56 Å². The van der Waals surface area contributed by atoms with Crippen LogP contribution in [0.5, 0.6) is 0 Å². The van der Waals surface area contributed by atoms with E-state index < -0.39 is 0 Å². The molecule has 5 heteroatoms. The monoisotopic (exact) mass is 268 g/mol. The quantitative estimate of drug-likeness (QED) is 0.863. The maximum absolute atomic E-state index is 12.6. The van der Waals surface area contributed by atoms with E-state index in [-0.39, 0.29) is 11.4 Å². The molecular formula is C10H6BrFN2O. The minimum absolute atomic E-state index is 0.260. The number of hydrogen-bond acceptors (Lipinski definition) is 2. The Hall–Kier alpha value is -1.49. The second-order valence-electron chi connectivity index (χ2n) is 2.92. The lowest BCUT2D eigenvalue weighted by Gasteiger charge is -1.99. The summed E-state index contributed by atoms with van der Waals surface area (Å²) in [7, 11) is 0. The van der Waals surface area contributed by atoms with Gasteiger partial charge < -0.3 is 4.98 Å². The van der Waals surface area contributed by atoms with E-state index in [0.29, 0.717) is 15.9 Å². The summed E-state index contributed by atoms with van der Waals surface area (Å²) in [6, 6.07) is 5.75. The molecule has 0 fully saturated rings. The fourth-order valence-electron chi connectivity index (χ4n) is 1.13. The maximum atomic E-state index is 12.6. The SMILES string of the molecule is O=c1[nH]c(-c2ccc(F)cc2)ncc1Br. The Morgan fingerprint density at radius 1 is 1.27 bits per heavy atom. The van der Waals surface area contributed by atoms with Crippen LogP contribution in [-0.2, 0) is 0 Å². The van der Waals surface area contributed by atoms with Gasteiger partial charge in [0, 0.05) is 11.8 Å². The molecule has 1 heterocycles. The van der Waals surface area contributed by atoms with Crippen molar-refractivity contribution in [1.29, 1.82) is 0 Å². The zero-order chi connectivity index (χ0) is 10.8. The Bertz CT molecular complexity index is 536. The Kier molecular flexibility index (Phi) is 2.64. The fraction of sp³-hybridized carbons (Fsp3) is 0. The zero-order valence-corrected chi connectivity index (χ0v) is 9.08. The lowest BCUT2D eigenvalue weighted by molar-refractivity contribution is 0.628. The van der Waals surface area contributed by atoms with Crippen molar-refractivity contribution in [2.75, 3.05) is 0 Å². The van der Waals surface area contributed by atoms with Gasteiger partial charge in [-0.15, -0.1) is 0 Å². The Balaban J connectivity index is 2.50. The topological polar surface area (TPSA) is 45.8 Å². The lowest BCUT2D eigenvalue weighted by atomic mass is 10.2. The predicted molar refractivity (Wildman–Crippen MR) is 58.0 cm³/mol. The minimum Gasteiger partial charge on any atom is -0.306 e. The molecule has 15 heavy (non-hydrogen) atoms. The van der Waals surface area contributed by atoms with Crippen molar-refractivity contribution in [3.05, 3.63) is 51.1 Å². The third-order valence-electron chi connectivity index (χ3n) is 1.87. The summed E-state index contributed by atoms with van der Waals surface area (Å²) >= 11 is 3.05. The van der Waals surface area contributed by atoms with E-state index >= 15 is 0 Å². The van der Waals surface area contributed by atoms with Gasteiger partial charge in [-0.05, 0) is 40.2 Å². The maximum Gasteiger partial charge on any atom is 0.265 e. The molecule has 1 aromatic heterocycles. The fourth-order valence-corrected chi connectivity index (χ4v) is 1.34. The molecule has 0 atom stereocenters. The van der Waals surface area contributed by atoms with Gasteiger partial charge in [-0.2, -0.15) is 0 Å². The number of rotatable bonds is 1. The molecule has 1 aromatic carbocycles. The van der Waals surface area contributed by atoms with Crippen molar-refractivity contribution in [3.8, 4) is 11.4 Å². The highest BCUT2D eigenvalue weighted by Gasteiger charge is 2.02. The van der Waals surface area contributed by atoms with Crippen LogP contribution in [0.15, 0.2) is 39.7 Å². The van der Waals surface area contributed by atoms with E-state index in [1.54, 1.807) is 12.1 Å². The molecule has 3 nitrogen and oxygen atoms in total. The molecule has 0 aliphatic rings. The third kappa shape index (κ3) is 2.12. The number of benzene rings is 1. The zero-order valence-electron chi connectivity index (χ0n) is 7.50. The van der Waals surface area contributed by atoms with Crippen LogP contribution in [0.1, 0.15) is 0 Å². The number of aromatic nitrogens is 2. The summed E-state index contributed by atoms with van der Waals surface area (Å²) < 4.78 is 13.0. The molecule has 0 spiro atoms. The molecule has 0 amide bonds. The first-order chi connectivity index (χ1) is 7.16. The number of halogens is 2. The van der Waals surface area contributed by atoms with Gasteiger partial charge in [0.1, 0.15) is 16.1 Å². The lowest BCUT2D eigenvalue weighted by Crippen LogP contribution is -2.08. The number of H-pyrrole nitrogens is 1. The van der Waals surface area contributed by atoms with E-state index in [9.17, 15) is 9.18 Å². The summed E-state index contributed by atoms with van der Waals surface area (Å²) in [5.41, 5.74) is 0.408. The van der Waals surface area contributed by atoms with Crippen LogP contribution >= 0.6 is 15.9 Å². The molecule has 0 saturated carbocycles. The number of nitrogens with one attached hydrogen (secondary N) is 1. The molecule has 0 aliphatic carbocycles. The van der Waals surface area contributed by atoms with E-state index in [4.69, 9.17) is 0 Å². The molecule has 0 aliphatic heterocycles. The highest BCUT2D eigenvalue weighted by Crippen LogP contribution is 2.14. The van der Waals surface area contributed by atoms with E-state index in [1.807, 2.05) is 0 Å². The Morgan fingerprint density at radius 3 is 2.53 bits per heavy atom. The van der Waals surface area contributed by atoms with Crippen molar-refractivity contribution in [2.24, 2.45) is 0 Å². The molecule has 0 bridgehead atoms. The van der Waals surface area contributed by atoms with Crippen molar-refractivity contribution in [3.63, 3.8) is 0 Å². The average molecular weight is 269 g/mol. The number of aromatic amines is 1. The first-order valence-electron chi connectivity index (χ1n) is 4.17. The molecule has 0 saturated heterocycles. The van der Waals surface area contributed by atoms with Gasteiger partial charge in [-0.3, -0.25) is 4.79 Å². The number of hydrogen-bond donors (Lipinski definition) is 1. The Labute approximate surface area is 93.1 Å². The second-order valence-corrected chi connectivity index (χ2v) is 3.77. The van der Waals surface area contributed by atoms with Gasteiger partial charge >= 0.3 is 0 Å².